The summed E-state index contributed by atoms with van der Waals surface area (Å²) in [5, 5.41) is 0. The second-order valence-electron chi connectivity index (χ2n) is 8.33. The van der Waals surface area contributed by atoms with Gasteiger partial charge in [-0.2, -0.15) is 0 Å². The predicted octanol–water partition coefficient (Wildman–Crippen LogP) is 1.33. The molecular formula is C21H30N4O2. The van der Waals surface area contributed by atoms with Gasteiger partial charge in [-0.15, -0.1) is 0 Å². The maximum atomic E-state index is 12.8. The zero-order valence-corrected chi connectivity index (χ0v) is 16.0. The maximum Gasteiger partial charge on any atom is 0.241 e. The molecule has 1 spiro atoms. The number of nitrogens with zero attached hydrogens (tertiary/aromatic N) is 2. The number of rotatable bonds is 4. The lowest BCUT2D eigenvalue weighted by Crippen LogP contribution is -2.57. The fourth-order valence-corrected chi connectivity index (χ4v) is 4.83. The minimum Gasteiger partial charge on any atom is -0.342 e. The topological polar surface area (TPSA) is 64.7 Å². The smallest absolute Gasteiger partial charge is 0.241 e. The molecule has 3 fully saturated rings. The molecule has 6 heteroatoms. The van der Waals surface area contributed by atoms with E-state index in [2.05, 4.69) is 23.0 Å². The highest BCUT2D eigenvalue weighted by Crippen LogP contribution is 2.39. The molecular weight excluding hydrogens is 340 g/mol. The number of nitrogens with one attached hydrogen (secondary N) is 2. The lowest BCUT2D eigenvalue weighted by molar-refractivity contribution is -0.143. The summed E-state index contributed by atoms with van der Waals surface area (Å²) in [5.74, 6) is 0.480. The highest BCUT2D eigenvalue weighted by atomic mass is 16.2. The van der Waals surface area contributed by atoms with E-state index in [1.54, 1.807) is 0 Å². The van der Waals surface area contributed by atoms with Crippen molar-refractivity contribution in [1.82, 2.24) is 20.7 Å². The molecule has 0 radical (unpaired) electrons. The van der Waals surface area contributed by atoms with E-state index in [9.17, 15) is 9.59 Å². The zero-order valence-electron chi connectivity index (χ0n) is 16.0. The second kappa shape index (κ2) is 7.98. The molecule has 27 heavy (non-hydrogen) atoms. The summed E-state index contributed by atoms with van der Waals surface area (Å²) in [7, 11) is 0. The van der Waals surface area contributed by atoms with Gasteiger partial charge in [0.05, 0.1) is 0 Å². The van der Waals surface area contributed by atoms with Crippen LogP contribution in [0.1, 0.15) is 37.7 Å². The summed E-state index contributed by atoms with van der Waals surface area (Å²) >= 11 is 0. The van der Waals surface area contributed by atoms with Gasteiger partial charge in [0.2, 0.25) is 11.8 Å². The normalized spacial score (nSPS) is 28.7. The lowest BCUT2D eigenvalue weighted by Gasteiger charge is -2.48. The molecule has 0 aliphatic carbocycles. The van der Waals surface area contributed by atoms with Crippen molar-refractivity contribution in [2.45, 2.75) is 44.6 Å². The van der Waals surface area contributed by atoms with Gasteiger partial charge in [0, 0.05) is 44.6 Å². The van der Waals surface area contributed by atoms with Gasteiger partial charge >= 0.3 is 0 Å². The van der Waals surface area contributed by atoms with Gasteiger partial charge in [-0.3, -0.25) is 15.0 Å². The van der Waals surface area contributed by atoms with Crippen molar-refractivity contribution in [1.29, 1.82) is 0 Å². The van der Waals surface area contributed by atoms with Gasteiger partial charge in [0.15, 0.2) is 0 Å². The first kappa shape index (κ1) is 18.4. The van der Waals surface area contributed by atoms with Crippen LogP contribution in [-0.4, -0.2) is 60.4 Å². The van der Waals surface area contributed by atoms with Gasteiger partial charge in [0.25, 0.3) is 0 Å². The largest absolute Gasteiger partial charge is 0.342 e. The number of piperidine rings is 2. The van der Waals surface area contributed by atoms with E-state index in [1.807, 2.05) is 28.0 Å². The van der Waals surface area contributed by atoms with E-state index in [1.165, 1.54) is 5.56 Å². The van der Waals surface area contributed by atoms with Crippen LogP contribution in [-0.2, 0) is 16.0 Å². The molecule has 2 atom stereocenters. The van der Waals surface area contributed by atoms with Crippen LogP contribution in [0.3, 0.4) is 0 Å². The SMILES string of the molecule is O=C1CCC2(CCCN(C(=O)C3CCNN3)C2)CN1CCc1ccccc1. The van der Waals surface area contributed by atoms with Crippen molar-refractivity contribution in [3.63, 3.8) is 0 Å². The van der Waals surface area contributed by atoms with Gasteiger partial charge in [0.1, 0.15) is 6.04 Å². The molecule has 0 bridgehead atoms. The molecule has 3 aliphatic heterocycles. The third-order valence-electron chi connectivity index (χ3n) is 6.37. The van der Waals surface area contributed by atoms with Crippen molar-refractivity contribution in [3.05, 3.63) is 35.9 Å². The minimum absolute atomic E-state index is 0.0739. The van der Waals surface area contributed by atoms with Crippen molar-refractivity contribution < 1.29 is 9.59 Å². The van der Waals surface area contributed by atoms with E-state index in [0.29, 0.717) is 6.42 Å². The van der Waals surface area contributed by atoms with E-state index in [-0.39, 0.29) is 23.3 Å². The van der Waals surface area contributed by atoms with Crippen LogP contribution in [0.5, 0.6) is 0 Å². The van der Waals surface area contributed by atoms with Gasteiger partial charge in [-0.1, -0.05) is 30.3 Å². The van der Waals surface area contributed by atoms with Gasteiger partial charge < -0.3 is 9.80 Å². The van der Waals surface area contributed by atoms with Crippen molar-refractivity contribution in [2.75, 3.05) is 32.7 Å². The van der Waals surface area contributed by atoms with E-state index in [0.717, 1.165) is 64.8 Å². The Balaban J connectivity index is 1.39. The molecule has 3 heterocycles. The molecule has 146 valence electrons. The lowest BCUT2D eigenvalue weighted by atomic mass is 9.73. The summed E-state index contributed by atoms with van der Waals surface area (Å²) in [6, 6.07) is 10.3. The first-order valence-corrected chi connectivity index (χ1v) is 10.2. The van der Waals surface area contributed by atoms with Crippen LogP contribution in [0.4, 0.5) is 0 Å². The Morgan fingerprint density at radius 3 is 2.81 bits per heavy atom. The zero-order chi connectivity index (χ0) is 18.7. The monoisotopic (exact) mass is 370 g/mol. The Morgan fingerprint density at radius 1 is 1.19 bits per heavy atom. The number of benzene rings is 1. The molecule has 3 saturated heterocycles. The Hall–Kier alpha value is -1.92. The fraction of sp³-hybridized carbons (Fsp3) is 0.619. The molecule has 1 aromatic rings. The third-order valence-corrected chi connectivity index (χ3v) is 6.37. The number of hydrazine groups is 1. The van der Waals surface area contributed by atoms with Crippen LogP contribution in [0.15, 0.2) is 30.3 Å². The molecule has 6 nitrogen and oxygen atoms in total. The molecule has 4 rings (SSSR count). The molecule has 3 aliphatic rings. The van der Waals surface area contributed by atoms with Crippen molar-refractivity contribution in [2.24, 2.45) is 5.41 Å². The number of carbonyl (C=O) groups is 2. The number of likely N-dealkylation sites (tertiary alicyclic amines) is 2. The first-order chi connectivity index (χ1) is 13.2. The minimum atomic E-state index is -0.0976. The fourth-order valence-electron chi connectivity index (χ4n) is 4.83. The maximum absolute atomic E-state index is 12.8. The van der Waals surface area contributed by atoms with Crippen LogP contribution in [0.2, 0.25) is 0 Å². The number of carbonyl (C=O) groups excluding carboxylic acids is 2. The van der Waals surface area contributed by atoms with Crippen LogP contribution < -0.4 is 10.9 Å². The third kappa shape index (κ3) is 4.17. The van der Waals surface area contributed by atoms with E-state index >= 15 is 0 Å². The van der Waals surface area contributed by atoms with Crippen LogP contribution in [0.25, 0.3) is 0 Å². The van der Waals surface area contributed by atoms with Gasteiger partial charge in [-0.05, 0) is 37.7 Å². The Bertz CT molecular complexity index is 674. The average Bonchev–Trinajstić information content (AvgIpc) is 3.24. The predicted molar refractivity (Wildman–Crippen MR) is 104 cm³/mol. The standard InChI is InChI=1S/C21H30N4O2/c26-19-7-11-21(15-24(19)14-9-17-5-2-1-3-6-17)10-4-13-25(16-21)20(27)18-8-12-22-23-18/h1-3,5-6,18,22-23H,4,7-16H2. The number of amides is 2. The van der Waals surface area contributed by atoms with Crippen molar-refractivity contribution in [3.8, 4) is 0 Å². The Kier molecular flexibility index (Phi) is 5.45. The van der Waals surface area contributed by atoms with Crippen LogP contribution in [0, 0.1) is 5.41 Å². The highest BCUT2D eigenvalue weighted by Gasteiger charge is 2.43. The number of hydrogen-bond donors (Lipinski definition) is 2. The highest BCUT2D eigenvalue weighted by molar-refractivity contribution is 5.82. The molecule has 2 unspecified atom stereocenters. The quantitative estimate of drug-likeness (QED) is 0.839. The molecule has 0 saturated carbocycles. The van der Waals surface area contributed by atoms with E-state index < -0.39 is 0 Å². The molecule has 0 aromatic heterocycles. The summed E-state index contributed by atoms with van der Waals surface area (Å²) in [6.45, 7) is 4.04. The van der Waals surface area contributed by atoms with E-state index in [4.69, 9.17) is 0 Å². The average molecular weight is 370 g/mol. The van der Waals surface area contributed by atoms with Gasteiger partial charge in [-0.25, -0.2) is 5.43 Å². The molecule has 2 N–H and O–H groups in total. The summed E-state index contributed by atoms with van der Waals surface area (Å²) in [6.07, 6.45) is 5.41. The summed E-state index contributed by atoms with van der Waals surface area (Å²) in [4.78, 5) is 29.4. The van der Waals surface area contributed by atoms with Crippen molar-refractivity contribution >= 4 is 11.8 Å². The molecule has 2 amide bonds. The Labute approximate surface area is 161 Å². The summed E-state index contributed by atoms with van der Waals surface area (Å²) in [5.41, 5.74) is 7.49. The second-order valence-corrected chi connectivity index (χ2v) is 8.33. The first-order valence-electron chi connectivity index (χ1n) is 10.2. The number of hydrogen-bond acceptors (Lipinski definition) is 4. The molecule has 1 aromatic carbocycles. The Morgan fingerprint density at radius 2 is 2.04 bits per heavy atom. The van der Waals surface area contributed by atoms with Crippen LogP contribution >= 0.6 is 0 Å². The summed E-state index contributed by atoms with van der Waals surface area (Å²) < 4.78 is 0.